The largest absolute Gasteiger partial charge is 0.469 e. The van der Waals surface area contributed by atoms with E-state index in [1.165, 1.54) is 5.56 Å². The second kappa shape index (κ2) is 7.53. The Hall–Kier alpha value is -2.03. The number of furan rings is 1. The van der Waals surface area contributed by atoms with Gasteiger partial charge in [0.15, 0.2) is 0 Å². The molecule has 0 saturated carbocycles. The van der Waals surface area contributed by atoms with Crippen molar-refractivity contribution in [2.75, 3.05) is 13.1 Å². The Kier molecular flexibility index (Phi) is 5.42. The summed E-state index contributed by atoms with van der Waals surface area (Å²) < 4.78 is 5.26. The third-order valence-corrected chi connectivity index (χ3v) is 3.41. The number of rotatable bonds is 7. The van der Waals surface area contributed by atoms with Crippen LogP contribution >= 0.6 is 0 Å². The van der Waals surface area contributed by atoms with Crippen LogP contribution in [0.2, 0.25) is 0 Å². The highest BCUT2D eigenvalue weighted by atomic mass is 16.3. The maximum atomic E-state index is 12.2. The average molecular weight is 271 g/mol. The fourth-order valence-electron chi connectivity index (χ4n) is 2.21. The first-order valence-corrected chi connectivity index (χ1v) is 7.13. The van der Waals surface area contributed by atoms with E-state index in [0.29, 0.717) is 12.8 Å². The van der Waals surface area contributed by atoms with Gasteiger partial charge in [-0.1, -0.05) is 30.3 Å². The van der Waals surface area contributed by atoms with Gasteiger partial charge in [0.1, 0.15) is 5.76 Å². The predicted molar refractivity (Wildman–Crippen MR) is 79.4 cm³/mol. The zero-order valence-electron chi connectivity index (χ0n) is 11.9. The van der Waals surface area contributed by atoms with Crippen molar-refractivity contribution in [3.05, 3.63) is 60.1 Å². The number of likely N-dealkylation sites (N-methyl/N-ethyl adjacent to an activating group) is 1. The van der Waals surface area contributed by atoms with Crippen molar-refractivity contribution in [1.29, 1.82) is 0 Å². The quantitative estimate of drug-likeness (QED) is 0.774. The molecule has 2 aromatic rings. The first-order valence-electron chi connectivity index (χ1n) is 7.13. The molecule has 0 unspecified atom stereocenters. The monoisotopic (exact) mass is 271 g/mol. The molecule has 3 nitrogen and oxygen atoms in total. The van der Waals surface area contributed by atoms with Crippen molar-refractivity contribution >= 4 is 5.91 Å². The molecule has 2 rings (SSSR count). The zero-order chi connectivity index (χ0) is 14.2. The molecule has 0 saturated heterocycles. The Bertz CT molecular complexity index is 505. The minimum Gasteiger partial charge on any atom is -0.469 e. The van der Waals surface area contributed by atoms with Crippen LogP contribution < -0.4 is 0 Å². The molecule has 0 radical (unpaired) electrons. The number of hydrogen-bond acceptors (Lipinski definition) is 2. The van der Waals surface area contributed by atoms with E-state index < -0.39 is 0 Å². The number of nitrogens with zero attached hydrogens (tertiary/aromatic N) is 1. The number of carbonyl (C=O) groups excluding carboxylic acids is 1. The smallest absolute Gasteiger partial charge is 0.223 e. The first-order chi connectivity index (χ1) is 9.79. The van der Waals surface area contributed by atoms with Crippen LogP contribution in [-0.4, -0.2) is 23.9 Å². The molecule has 1 aromatic carbocycles. The maximum absolute atomic E-state index is 12.2. The van der Waals surface area contributed by atoms with Crippen LogP contribution in [0.15, 0.2) is 53.1 Å². The summed E-state index contributed by atoms with van der Waals surface area (Å²) in [5.74, 6) is 1.07. The fraction of sp³-hybridized carbons (Fsp3) is 0.353. The Balaban J connectivity index is 1.80. The van der Waals surface area contributed by atoms with Crippen molar-refractivity contribution in [2.24, 2.45) is 0 Å². The van der Waals surface area contributed by atoms with E-state index >= 15 is 0 Å². The van der Waals surface area contributed by atoms with Crippen molar-refractivity contribution in [3.63, 3.8) is 0 Å². The summed E-state index contributed by atoms with van der Waals surface area (Å²) in [6.07, 6.45) is 3.73. The van der Waals surface area contributed by atoms with Gasteiger partial charge < -0.3 is 9.32 Å². The van der Waals surface area contributed by atoms with Gasteiger partial charge in [0.05, 0.1) is 6.26 Å². The van der Waals surface area contributed by atoms with E-state index in [9.17, 15) is 4.79 Å². The van der Waals surface area contributed by atoms with E-state index in [1.54, 1.807) is 6.26 Å². The lowest BCUT2D eigenvalue weighted by atomic mass is 10.1. The molecule has 0 aliphatic carbocycles. The Morgan fingerprint density at radius 1 is 1.10 bits per heavy atom. The minimum atomic E-state index is 0.194. The molecule has 0 bridgehead atoms. The Morgan fingerprint density at radius 2 is 1.90 bits per heavy atom. The van der Waals surface area contributed by atoms with Crippen molar-refractivity contribution in [1.82, 2.24) is 4.90 Å². The summed E-state index contributed by atoms with van der Waals surface area (Å²) in [6.45, 7) is 3.55. The van der Waals surface area contributed by atoms with E-state index in [4.69, 9.17) is 4.42 Å². The SMILES string of the molecule is CCN(CCc1ccccc1)C(=O)CCc1ccco1. The van der Waals surface area contributed by atoms with E-state index in [0.717, 1.165) is 25.3 Å². The maximum Gasteiger partial charge on any atom is 0.223 e. The van der Waals surface area contributed by atoms with Crippen molar-refractivity contribution in [3.8, 4) is 0 Å². The molecule has 0 spiro atoms. The minimum absolute atomic E-state index is 0.194. The highest BCUT2D eigenvalue weighted by Gasteiger charge is 2.12. The van der Waals surface area contributed by atoms with Crippen molar-refractivity contribution in [2.45, 2.75) is 26.2 Å². The summed E-state index contributed by atoms with van der Waals surface area (Å²) in [5, 5.41) is 0. The summed E-state index contributed by atoms with van der Waals surface area (Å²) >= 11 is 0. The van der Waals surface area contributed by atoms with Gasteiger partial charge in [-0.05, 0) is 31.0 Å². The van der Waals surface area contributed by atoms with Crippen LogP contribution in [0.25, 0.3) is 0 Å². The molecule has 0 aliphatic rings. The van der Waals surface area contributed by atoms with E-state index in [-0.39, 0.29) is 5.91 Å². The Morgan fingerprint density at radius 3 is 2.55 bits per heavy atom. The van der Waals surface area contributed by atoms with Gasteiger partial charge in [-0.2, -0.15) is 0 Å². The third-order valence-electron chi connectivity index (χ3n) is 3.41. The first kappa shape index (κ1) is 14.4. The van der Waals surface area contributed by atoms with Crippen LogP contribution in [0.4, 0.5) is 0 Å². The van der Waals surface area contributed by atoms with Gasteiger partial charge in [0, 0.05) is 25.9 Å². The normalized spacial score (nSPS) is 10.4. The summed E-state index contributed by atoms with van der Waals surface area (Å²) in [5.41, 5.74) is 1.27. The van der Waals surface area contributed by atoms with E-state index in [2.05, 4.69) is 12.1 Å². The highest BCUT2D eigenvalue weighted by Crippen LogP contribution is 2.07. The standard InChI is InChI=1S/C17H21NO2/c1-2-18(13-12-15-7-4-3-5-8-15)17(19)11-10-16-9-6-14-20-16/h3-9,14H,2,10-13H2,1H3. The van der Waals surface area contributed by atoms with Gasteiger partial charge in [-0.15, -0.1) is 0 Å². The van der Waals surface area contributed by atoms with Crippen LogP contribution in [0.3, 0.4) is 0 Å². The highest BCUT2D eigenvalue weighted by molar-refractivity contribution is 5.76. The van der Waals surface area contributed by atoms with Crippen LogP contribution in [0.5, 0.6) is 0 Å². The molecule has 0 fully saturated rings. The molecule has 1 amide bonds. The number of aryl methyl sites for hydroxylation is 1. The second-order valence-corrected chi connectivity index (χ2v) is 4.79. The van der Waals surface area contributed by atoms with Gasteiger partial charge in [-0.25, -0.2) is 0 Å². The van der Waals surface area contributed by atoms with Gasteiger partial charge in [0.25, 0.3) is 0 Å². The molecule has 3 heteroatoms. The van der Waals surface area contributed by atoms with Crippen molar-refractivity contribution < 1.29 is 9.21 Å². The van der Waals surface area contributed by atoms with Crippen LogP contribution in [0.1, 0.15) is 24.7 Å². The number of amides is 1. The zero-order valence-corrected chi connectivity index (χ0v) is 11.9. The molecular formula is C17H21NO2. The lowest BCUT2D eigenvalue weighted by Gasteiger charge is -2.20. The van der Waals surface area contributed by atoms with Crippen LogP contribution in [0, 0.1) is 0 Å². The second-order valence-electron chi connectivity index (χ2n) is 4.79. The molecule has 106 valence electrons. The average Bonchev–Trinajstić information content (AvgIpc) is 3.00. The number of hydrogen-bond donors (Lipinski definition) is 0. The third kappa shape index (κ3) is 4.26. The summed E-state index contributed by atoms with van der Waals surface area (Å²) in [7, 11) is 0. The molecule has 0 aliphatic heterocycles. The number of carbonyl (C=O) groups is 1. The number of benzene rings is 1. The lowest BCUT2D eigenvalue weighted by Crippen LogP contribution is -2.32. The molecule has 0 N–H and O–H groups in total. The summed E-state index contributed by atoms with van der Waals surface area (Å²) in [4.78, 5) is 14.1. The molecule has 20 heavy (non-hydrogen) atoms. The lowest BCUT2D eigenvalue weighted by molar-refractivity contribution is -0.131. The van der Waals surface area contributed by atoms with Gasteiger partial charge >= 0.3 is 0 Å². The molecule has 0 atom stereocenters. The summed E-state index contributed by atoms with van der Waals surface area (Å²) in [6, 6.07) is 14.0. The topological polar surface area (TPSA) is 33.5 Å². The molecule has 1 aromatic heterocycles. The molecular weight excluding hydrogens is 250 g/mol. The van der Waals surface area contributed by atoms with Crippen LogP contribution in [-0.2, 0) is 17.6 Å². The Labute approximate surface area is 120 Å². The van der Waals surface area contributed by atoms with Gasteiger partial charge in [0.2, 0.25) is 5.91 Å². The molecule has 1 heterocycles. The van der Waals surface area contributed by atoms with Gasteiger partial charge in [-0.3, -0.25) is 4.79 Å². The predicted octanol–water partition coefficient (Wildman–Crippen LogP) is 3.30. The fourth-order valence-corrected chi connectivity index (χ4v) is 2.21. The van der Waals surface area contributed by atoms with E-state index in [1.807, 2.05) is 42.2 Å².